The quantitative estimate of drug-likeness (QED) is 0.407. The Balaban J connectivity index is 1.40. The van der Waals surface area contributed by atoms with Gasteiger partial charge in [-0.1, -0.05) is 24.3 Å². The van der Waals surface area contributed by atoms with Gasteiger partial charge in [-0.15, -0.1) is 0 Å². The fourth-order valence-corrected chi connectivity index (χ4v) is 3.98. The molecule has 7 heteroatoms. The molecule has 0 unspecified atom stereocenters. The van der Waals surface area contributed by atoms with Crippen LogP contribution in [0.25, 0.3) is 16.6 Å². The minimum Gasteiger partial charge on any atom is -0.321 e. The fourth-order valence-electron chi connectivity index (χ4n) is 3.98. The zero-order chi connectivity index (χ0) is 23.5. The van der Waals surface area contributed by atoms with Crippen LogP contribution in [0.3, 0.4) is 0 Å². The van der Waals surface area contributed by atoms with E-state index in [4.69, 9.17) is 0 Å². The Morgan fingerprint density at radius 2 is 2.06 bits per heavy atom. The maximum absolute atomic E-state index is 12.8. The standard InChI is InChI=1S/C27H23N5O2/c28-17-20(15-18-5-2-1-3-6-18)27(34)30-23-7-4-8-24-22(23)12-14-32(24)21-11-13-29-25(16-21)31-26(33)19-9-10-19/h1-2,4-5,7-8,11-16,19H,3,6,9-10H2,(H,30,34)(H,29,31,33)/b20-15+. The van der Waals surface area contributed by atoms with Gasteiger partial charge in [-0.05, 0) is 61.6 Å². The first-order valence-corrected chi connectivity index (χ1v) is 11.3. The van der Waals surface area contributed by atoms with Crippen LogP contribution in [0.2, 0.25) is 0 Å². The van der Waals surface area contributed by atoms with Crippen LogP contribution in [-0.4, -0.2) is 21.4 Å². The van der Waals surface area contributed by atoms with Crippen molar-refractivity contribution in [2.75, 3.05) is 10.6 Å². The summed E-state index contributed by atoms with van der Waals surface area (Å²) in [6.07, 6.45) is 14.7. The smallest absolute Gasteiger partial charge is 0.266 e. The van der Waals surface area contributed by atoms with Crippen molar-refractivity contribution in [3.8, 4) is 11.8 Å². The third-order valence-electron chi connectivity index (χ3n) is 5.94. The number of pyridine rings is 1. The van der Waals surface area contributed by atoms with Crippen molar-refractivity contribution in [2.24, 2.45) is 5.92 Å². The minimum absolute atomic E-state index is 0.00776. The van der Waals surface area contributed by atoms with E-state index in [-0.39, 0.29) is 17.4 Å². The third-order valence-corrected chi connectivity index (χ3v) is 5.94. The van der Waals surface area contributed by atoms with E-state index in [1.807, 2.05) is 65.4 Å². The number of carbonyl (C=O) groups excluding carboxylic acids is 2. The van der Waals surface area contributed by atoms with Gasteiger partial charge in [0.15, 0.2) is 0 Å². The maximum atomic E-state index is 12.8. The number of hydrogen-bond donors (Lipinski definition) is 2. The highest BCUT2D eigenvalue weighted by molar-refractivity contribution is 6.10. The molecule has 5 rings (SSSR count). The van der Waals surface area contributed by atoms with Crippen LogP contribution >= 0.6 is 0 Å². The van der Waals surface area contributed by atoms with E-state index in [0.29, 0.717) is 11.5 Å². The summed E-state index contributed by atoms with van der Waals surface area (Å²) in [6, 6.07) is 13.2. The fraction of sp³-hybridized carbons (Fsp3) is 0.185. The van der Waals surface area contributed by atoms with E-state index in [9.17, 15) is 14.9 Å². The summed E-state index contributed by atoms with van der Waals surface area (Å²) in [4.78, 5) is 29.2. The average Bonchev–Trinajstić information content (AvgIpc) is 3.62. The predicted molar refractivity (Wildman–Crippen MR) is 131 cm³/mol. The molecule has 2 heterocycles. The van der Waals surface area contributed by atoms with Crippen LogP contribution < -0.4 is 10.6 Å². The van der Waals surface area contributed by atoms with Crippen molar-refractivity contribution >= 4 is 34.2 Å². The number of carbonyl (C=O) groups is 2. The van der Waals surface area contributed by atoms with Crippen LogP contribution in [0, 0.1) is 17.2 Å². The number of nitrogens with zero attached hydrogens (tertiary/aromatic N) is 3. The monoisotopic (exact) mass is 449 g/mol. The molecule has 1 saturated carbocycles. The molecule has 0 spiro atoms. The average molecular weight is 450 g/mol. The van der Waals surface area contributed by atoms with Gasteiger partial charge in [0.05, 0.1) is 16.9 Å². The molecule has 0 radical (unpaired) electrons. The van der Waals surface area contributed by atoms with Gasteiger partial charge in [-0.2, -0.15) is 5.26 Å². The SMILES string of the molecule is N#C/C(=C\C1=CC=CCC1)C(=O)Nc1cccc2c1ccn2-c1ccnc(NC(=O)C2CC2)c1. The second-order valence-electron chi connectivity index (χ2n) is 8.42. The Hall–Kier alpha value is -4.44. The third kappa shape index (κ3) is 4.52. The first-order chi connectivity index (χ1) is 16.6. The Labute approximate surface area is 197 Å². The number of anilines is 2. The largest absolute Gasteiger partial charge is 0.321 e. The van der Waals surface area contributed by atoms with Gasteiger partial charge in [0.2, 0.25) is 5.91 Å². The summed E-state index contributed by atoms with van der Waals surface area (Å²) in [7, 11) is 0. The lowest BCUT2D eigenvalue weighted by molar-refractivity contribution is -0.117. The molecule has 34 heavy (non-hydrogen) atoms. The molecule has 7 nitrogen and oxygen atoms in total. The Bertz CT molecular complexity index is 1420. The van der Waals surface area contributed by atoms with E-state index >= 15 is 0 Å². The van der Waals surface area contributed by atoms with Crippen LogP contribution in [0.5, 0.6) is 0 Å². The molecule has 1 aromatic carbocycles. The minimum atomic E-state index is -0.438. The van der Waals surface area contributed by atoms with Crippen molar-refractivity contribution in [2.45, 2.75) is 25.7 Å². The Morgan fingerprint density at radius 1 is 1.18 bits per heavy atom. The molecule has 3 aromatic rings. The molecule has 0 atom stereocenters. The van der Waals surface area contributed by atoms with Crippen LogP contribution in [0.1, 0.15) is 25.7 Å². The number of rotatable bonds is 6. The van der Waals surface area contributed by atoms with Gasteiger partial charge in [-0.25, -0.2) is 4.98 Å². The van der Waals surface area contributed by atoms with Crippen molar-refractivity contribution in [3.05, 3.63) is 84.2 Å². The number of nitrogens with one attached hydrogen (secondary N) is 2. The van der Waals surface area contributed by atoms with Crippen LogP contribution in [0.4, 0.5) is 11.5 Å². The molecule has 2 N–H and O–H groups in total. The molecule has 1 fully saturated rings. The van der Waals surface area contributed by atoms with Gasteiger partial charge >= 0.3 is 0 Å². The molecule has 2 aromatic heterocycles. The summed E-state index contributed by atoms with van der Waals surface area (Å²) >= 11 is 0. The van der Waals surface area contributed by atoms with Crippen LogP contribution in [-0.2, 0) is 9.59 Å². The van der Waals surface area contributed by atoms with Crippen molar-refractivity contribution < 1.29 is 9.59 Å². The molecule has 168 valence electrons. The molecular formula is C27H23N5O2. The highest BCUT2D eigenvalue weighted by Gasteiger charge is 2.29. The number of hydrogen-bond acceptors (Lipinski definition) is 4. The summed E-state index contributed by atoms with van der Waals surface area (Å²) < 4.78 is 1.97. The summed E-state index contributed by atoms with van der Waals surface area (Å²) in [6.45, 7) is 0. The zero-order valence-corrected chi connectivity index (χ0v) is 18.5. The lowest BCUT2D eigenvalue weighted by atomic mass is 10.0. The lowest BCUT2D eigenvalue weighted by Gasteiger charge is -2.10. The highest BCUT2D eigenvalue weighted by Crippen LogP contribution is 2.31. The molecule has 0 aliphatic heterocycles. The number of fused-ring (bicyclic) bond motifs is 1. The number of aromatic nitrogens is 2. The van der Waals surface area contributed by atoms with Gasteiger partial charge in [0.25, 0.3) is 5.91 Å². The maximum Gasteiger partial charge on any atom is 0.266 e. The summed E-state index contributed by atoms with van der Waals surface area (Å²) in [5.74, 6) is 0.180. The van der Waals surface area contributed by atoms with E-state index in [1.54, 1.807) is 12.3 Å². The first kappa shape index (κ1) is 21.4. The van der Waals surface area contributed by atoms with Crippen molar-refractivity contribution in [3.63, 3.8) is 0 Å². The number of amides is 2. The van der Waals surface area contributed by atoms with Gasteiger partial charge in [-0.3, -0.25) is 9.59 Å². The zero-order valence-electron chi connectivity index (χ0n) is 18.5. The second-order valence-corrected chi connectivity index (χ2v) is 8.42. The Morgan fingerprint density at radius 3 is 2.82 bits per heavy atom. The predicted octanol–water partition coefficient (Wildman–Crippen LogP) is 5.04. The molecule has 2 aliphatic carbocycles. The summed E-state index contributed by atoms with van der Waals surface area (Å²) in [5, 5.41) is 16.1. The highest BCUT2D eigenvalue weighted by atomic mass is 16.2. The molecular weight excluding hydrogens is 426 g/mol. The van der Waals surface area contributed by atoms with E-state index in [0.717, 1.165) is 47.8 Å². The van der Waals surface area contributed by atoms with Gasteiger partial charge in [0.1, 0.15) is 17.5 Å². The molecule has 2 amide bonds. The Kier molecular flexibility index (Phi) is 5.79. The summed E-state index contributed by atoms with van der Waals surface area (Å²) in [5.41, 5.74) is 3.38. The van der Waals surface area contributed by atoms with E-state index < -0.39 is 5.91 Å². The van der Waals surface area contributed by atoms with E-state index in [1.165, 1.54) is 0 Å². The van der Waals surface area contributed by atoms with Crippen LogP contribution in [0.15, 0.2) is 84.2 Å². The lowest BCUT2D eigenvalue weighted by Crippen LogP contribution is -2.14. The molecule has 2 aliphatic rings. The van der Waals surface area contributed by atoms with Gasteiger partial charge < -0.3 is 15.2 Å². The van der Waals surface area contributed by atoms with Crippen molar-refractivity contribution in [1.29, 1.82) is 5.26 Å². The number of nitriles is 1. The topological polar surface area (TPSA) is 99.8 Å². The first-order valence-electron chi connectivity index (χ1n) is 11.3. The molecule has 0 saturated heterocycles. The molecule has 0 bridgehead atoms. The number of benzene rings is 1. The number of allylic oxidation sites excluding steroid dienone is 5. The van der Waals surface area contributed by atoms with E-state index in [2.05, 4.69) is 21.7 Å². The normalized spacial score (nSPS) is 15.5. The van der Waals surface area contributed by atoms with Crippen molar-refractivity contribution in [1.82, 2.24) is 9.55 Å². The second kappa shape index (κ2) is 9.20. The van der Waals surface area contributed by atoms with Gasteiger partial charge in [0, 0.05) is 29.8 Å².